The largest absolute Gasteiger partial charge is 0.348 e. The van der Waals surface area contributed by atoms with E-state index in [0.29, 0.717) is 6.54 Å². The Balaban J connectivity index is 1.56. The van der Waals surface area contributed by atoms with Crippen LogP contribution in [0.2, 0.25) is 0 Å². The van der Waals surface area contributed by atoms with Gasteiger partial charge in [-0.25, -0.2) is 0 Å². The van der Waals surface area contributed by atoms with E-state index in [1.54, 1.807) is 0 Å². The molecule has 2 aromatic carbocycles. The Morgan fingerprint density at radius 1 is 0.964 bits per heavy atom. The molecule has 0 radical (unpaired) electrons. The molecule has 150 valence electrons. The summed E-state index contributed by atoms with van der Waals surface area (Å²) in [4.78, 5) is 15.1. The van der Waals surface area contributed by atoms with E-state index in [2.05, 4.69) is 61.3 Å². The number of rotatable bonds is 7. The zero-order valence-electron chi connectivity index (χ0n) is 17.6. The van der Waals surface area contributed by atoms with E-state index in [4.69, 9.17) is 0 Å². The molecule has 0 saturated carbocycles. The monoisotopic (exact) mass is 378 g/mol. The fourth-order valence-corrected chi connectivity index (χ4v) is 3.93. The van der Waals surface area contributed by atoms with Gasteiger partial charge in [0, 0.05) is 18.7 Å². The molecule has 3 nitrogen and oxygen atoms in total. The van der Waals surface area contributed by atoms with Crippen molar-refractivity contribution in [3.8, 4) is 0 Å². The van der Waals surface area contributed by atoms with E-state index < -0.39 is 0 Å². The Labute approximate surface area is 170 Å². The molecule has 0 aliphatic carbocycles. The van der Waals surface area contributed by atoms with Gasteiger partial charge in [-0.05, 0) is 79.1 Å². The molecule has 1 N–H and O–H groups in total. The summed E-state index contributed by atoms with van der Waals surface area (Å²) in [6, 6.07) is 14.7. The first kappa shape index (κ1) is 20.6. The van der Waals surface area contributed by atoms with Crippen LogP contribution in [-0.2, 0) is 25.9 Å². The molecule has 1 fully saturated rings. The third-order valence-corrected chi connectivity index (χ3v) is 6.00. The summed E-state index contributed by atoms with van der Waals surface area (Å²) in [5, 5.41) is 3.10. The van der Waals surface area contributed by atoms with Crippen LogP contribution in [0.25, 0.3) is 0 Å². The SMILES string of the molecule is CCc1ccc(CC)c(CNC(=O)c2ccc(CN3CCC(C)CC3)cc2)c1. The fraction of sp³-hybridized carbons (Fsp3) is 0.480. The maximum absolute atomic E-state index is 12.6. The second-order valence-electron chi connectivity index (χ2n) is 8.15. The molecule has 0 atom stereocenters. The van der Waals surface area contributed by atoms with Crippen LogP contribution in [0.4, 0.5) is 0 Å². The number of carbonyl (C=O) groups excluding carboxylic acids is 1. The van der Waals surface area contributed by atoms with Crippen molar-refractivity contribution in [2.45, 2.75) is 59.5 Å². The zero-order valence-corrected chi connectivity index (χ0v) is 17.6. The number of hydrogen-bond donors (Lipinski definition) is 1. The van der Waals surface area contributed by atoms with Gasteiger partial charge in [-0.3, -0.25) is 9.69 Å². The van der Waals surface area contributed by atoms with Crippen molar-refractivity contribution in [2.75, 3.05) is 13.1 Å². The molecule has 0 unspecified atom stereocenters. The number of aryl methyl sites for hydroxylation is 2. The molecular weight excluding hydrogens is 344 g/mol. The lowest BCUT2D eigenvalue weighted by atomic mass is 9.99. The minimum atomic E-state index is 0.00213. The number of likely N-dealkylation sites (tertiary alicyclic amines) is 1. The summed E-state index contributed by atoms with van der Waals surface area (Å²) in [6.07, 6.45) is 4.58. The first-order valence-corrected chi connectivity index (χ1v) is 10.8. The summed E-state index contributed by atoms with van der Waals surface area (Å²) < 4.78 is 0. The highest BCUT2D eigenvalue weighted by Crippen LogP contribution is 2.18. The first-order chi connectivity index (χ1) is 13.6. The van der Waals surface area contributed by atoms with Gasteiger partial charge in [0.15, 0.2) is 0 Å². The summed E-state index contributed by atoms with van der Waals surface area (Å²) in [5.74, 6) is 0.857. The Morgan fingerprint density at radius 2 is 1.64 bits per heavy atom. The second-order valence-corrected chi connectivity index (χ2v) is 8.15. The number of nitrogens with one attached hydrogen (secondary N) is 1. The molecule has 28 heavy (non-hydrogen) atoms. The van der Waals surface area contributed by atoms with E-state index in [1.807, 2.05) is 12.1 Å². The van der Waals surface area contributed by atoms with Crippen molar-refractivity contribution in [3.05, 3.63) is 70.3 Å². The Kier molecular flexibility index (Phi) is 7.27. The molecule has 0 aromatic heterocycles. The molecular formula is C25H34N2O. The smallest absolute Gasteiger partial charge is 0.251 e. The maximum atomic E-state index is 12.6. The molecule has 2 aromatic rings. The quantitative estimate of drug-likeness (QED) is 0.737. The molecule has 3 heteroatoms. The average Bonchev–Trinajstić information content (AvgIpc) is 2.74. The third kappa shape index (κ3) is 5.45. The Hall–Kier alpha value is -2.13. The number of amides is 1. The van der Waals surface area contributed by atoms with Gasteiger partial charge >= 0.3 is 0 Å². The number of benzene rings is 2. The minimum absolute atomic E-state index is 0.00213. The molecule has 0 bridgehead atoms. The Morgan fingerprint density at radius 3 is 2.29 bits per heavy atom. The lowest BCUT2D eigenvalue weighted by Crippen LogP contribution is -2.32. The van der Waals surface area contributed by atoms with Crippen LogP contribution in [0.15, 0.2) is 42.5 Å². The molecule has 1 aliphatic rings. The fourth-order valence-electron chi connectivity index (χ4n) is 3.93. The second kappa shape index (κ2) is 9.88. The van der Waals surface area contributed by atoms with Crippen LogP contribution in [0, 0.1) is 5.92 Å². The summed E-state index contributed by atoms with van der Waals surface area (Å²) in [7, 11) is 0. The molecule has 1 heterocycles. The predicted molar refractivity (Wildman–Crippen MR) is 116 cm³/mol. The average molecular weight is 379 g/mol. The first-order valence-electron chi connectivity index (χ1n) is 10.8. The normalized spacial score (nSPS) is 15.5. The lowest BCUT2D eigenvalue weighted by molar-refractivity contribution is 0.0951. The molecule has 1 aliphatic heterocycles. The van der Waals surface area contributed by atoms with Crippen LogP contribution in [0.5, 0.6) is 0 Å². The van der Waals surface area contributed by atoms with E-state index in [1.165, 1.54) is 48.2 Å². The van der Waals surface area contributed by atoms with Crippen molar-refractivity contribution >= 4 is 5.91 Å². The van der Waals surface area contributed by atoms with E-state index in [9.17, 15) is 4.79 Å². The highest BCUT2D eigenvalue weighted by molar-refractivity contribution is 5.94. The highest BCUT2D eigenvalue weighted by atomic mass is 16.1. The maximum Gasteiger partial charge on any atom is 0.251 e. The zero-order chi connectivity index (χ0) is 19.9. The van der Waals surface area contributed by atoms with Crippen molar-refractivity contribution in [1.29, 1.82) is 0 Å². The molecule has 1 amide bonds. The highest BCUT2D eigenvalue weighted by Gasteiger charge is 2.16. The van der Waals surface area contributed by atoms with E-state index >= 15 is 0 Å². The van der Waals surface area contributed by atoms with Gasteiger partial charge in [-0.1, -0.05) is 51.1 Å². The number of nitrogens with zero attached hydrogens (tertiary/aromatic N) is 1. The van der Waals surface area contributed by atoms with Gasteiger partial charge in [0.25, 0.3) is 5.91 Å². The third-order valence-electron chi connectivity index (χ3n) is 6.00. The van der Waals surface area contributed by atoms with Gasteiger partial charge in [0.2, 0.25) is 0 Å². The van der Waals surface area contributed by atoms with Crippen LogP contribution < -0.4 is 5.32 Å². The predicted octanol–water partition coefficient (Wildman–Crippen LogP) is 4.97. The Bertz CT molecular complexity index is 774. The number of hydrogen-bond acceptors (Lipinski definition) is 2. The van der Waals surface area contributed by atoms with E-state index in [0.717, 1.165) is 30.9 Å². The number of piperidine rings is 1. The van der Waals surface area contributed by atoms with Crippen molar-refractivity contribution in [2.24, 2.45) is 5.92 Å². The molecule has 1 saturated heterocycles. The van der Waals surface area contributed by atoms with Gasteiger partial charge in [-0.2, -0.15) is 0 Å². The molecule has 3 rings (SSSR count). The minimum Gasteiger partial charge on any atom is -0.348 e. The van der Waals surface area contributed by atoms with Crippen LogP contribution in [-0.4, -0.2) is 23.9 Å². The van der Waals surface area contributed by atoms with Crippen LogP contribution >= 0.6 is 0 Å². The van der Waals surface area contributed by atoms with Gasteiger partial charge in [-0.15, -0.1) is 0 Å². The topological polar surface area (TPSA) is 32.3 Å². The molecule has 0 spiro atoms. The van der Waals surface area contributed by atoms with Crippen molar-refractivity contribution in [1.82, 2.24) is 10.2 Å². The summed E-state index contributed by atoms with van der Waals surface area (Å²) in [6.45, 7) is 10.6. The van der Waals surface area contributed by atoms with Crippen LogP contribution in [0.1, 0.15) is 66.2 Å². The van der Waals surface area contributed by atoms with Gasteiger partial charge < -0.3 is 5.32 Å². The van der Waals surface area contributed by atoms with E-state index in [-0.39, 0.29) is 5.91 Å². The summed E-state index contributed by atoms with van der Waals surface area (Å²) in [5.41, 5.74) is 5.88. The van der Waals surface area contributed by atoms with Gasteiger partial charge in [0.05, 0.1) is 0 Å². The number of carbonyl (C=O) groups is 1. The summed E-state index contributed by atoms with van der Waals surface area (Å²) >= 11 is 0. The standard InChI is InChI=1S/C25H34N2O/c1-4-20-6-9-22(5-2)24(16-20)17-26-25(28)23-10-7-21(8-11-23)18-27-14-12-19(3)13-15-27/h6-11,16,19H,4-5,12-15,17-18H2,1-3H3,(H,26,28). The van der Waals surface area contributed by atoms with Crippen molar-refractivity contribution in [3.63, 3.8) is 0 Å². The van der Waals surface area contributed by atoms with Crippen molar-refractivity contribution < 1.29 is 4.79 Å². The van der Waals surface area contributed by atoms with Gasteiger partial charge in [0.1, 0.15) is 0 Å². The van der Waals surface area contributed by atoms with Crippen LogP contribution in [0.3, 0.4) is 0 Å². The lowest BCUT2D eigenvalue weighted by Gasteiger charge is -2.30.